The quantitative estimate of drug-likeness (QED) is 0.644. The van der Waals surface area contributed by atoms with Gasteiger partial charge in [-0.3, -0.25) is 14.4 Å². The van der Waals surface area contributed by atoms with Crippen molar-refractivity contribution in [2.45, 2.75) is 56.3 Å². The predicted octanol–water partition coefficient (Wildman–Crippen LogP) is 0.491. The second-order valence-electron chi connectivity index (χ2n) is 9.35. The minimum Gasteiger partial charge on any atom is -0.363 e. The molecule has 4 atom stereocenters. The fraction of sp³-hybridized carbons (Fsp3) is 0.500. The van der Waals surface area contributed by atoms with Gasteiger partial charge in [-0.25, -0.2) is 12.7 Å². The van der Waals surface area contributed by atoms with Crippen LogP contribution in [-0.4, -0.2) is 71.7 Å². The molecule has 1 spiro atoms. The lowest BCUT2D eigenvalue weighted by molar-refractivity contribution is -0.191. The molecule has 0 aromatic heterocycles. The highest BCUT2D eigenvalue weighted by atomic mass is 32.2. The fourth-order valence-corrected chi connectivity index (χ4v) is 6.90. The monoisotopic (exact) mass is 459 g/mol. The van der Waals surface area contributed by atoms with E-state index in [-0.39, 0.29) is 25.1 Å². The van der Waals surface area contributed by atoms with Gasteiger partial charge in [0.1, 0.15) is 11.5 Å². The molecule has 0 saturated carbocycles. The Morgan fingerprint density at radius 2 is 1.84 bits per heavy atom. The summed E-state index contributed by atoms with van der Waals surface area (Å²) in [5, 5.41) is 11.1. The lowest BCUT2D eigenvalue weighted by atomic mass is 9.73. The van der Waals surface area contributed by atoms with E-state index in [1.165, 1.54) is 9.80 Å². The highest BCUT2D eigenvalue weighted by Crippen LogP contribution is 2.56. The molecule has 3 fully saturated rings. The second-order valence-corrected chi connectivity index (χ2v) is 11.2. The molecule has 4 aliphatic heterocycles. The number of benzene rings is 1. The van der Waals surface area contributed by atoms with Gasteiger partial charge in [0.2, 0.25) is 21.7 Å². The summed E-state index contributed by atoms with van der Waals surface area (Å²) >= 11 is 0. The molecule has 1 aromatic rings. The number of anilines is 1. The van der Waals surface area contributed by atoms with Gasteiger partial charge in [0.05, 0.1) is 18.0 Å². The molecule has 9 nitrogen and oxygen atoms in total. The average Bonchev–Trinajstić information content (AvgIpc) is 3.33. The number of carbonyl (C=O) groups excluding carboxylic acids is 3. The van der Waals surface area contributed by atoms with E-state index in [1.807, 2.05) is 13.8 Å². The highest BCUT2D eigenvalue weighted by molar-refractivity contribution is 7.92. The zero-order valence-electron chi connectivity index (χ0n) is 18.1. The van der Waals surface area contributed by atoms with E-state index in [9.17, 15) is 27.9 Å². The summed E-state index contributed by atoms with van der Waals surface area (Å²) in [7, 11) is -3.95. The summed E-state index contributed by atoms with van der Waals surface area (Å²) in [6.45, 7) is 3.90. The largest absolute Gasteiger partial charge is 0.363 e. The molecule has 170 valence electrons. The Bertz CT molecular complexity index is 1210. The van der Waals surface area contributed by atoms with Gasteiger partial charge in [-0.2, -0.15) is 0 Å². The first-order chi connectivity index (χ1) is 14.9. The first kappa shape index (κ1) is 21.1. The first-order valence-corrected chi connectivity index (χ1v) is 12.5. The van der Waals surface area contributed by atoms with Crippen molar-refractivity contribution in [2.75, 3.05) is 17.1 Å². The average molecular weight is 460 g/mol. The molecule has 0 unspecified atom stereocenters. The van der Waals surface area contributed by atoms with E-state index >= 15 is 0 Å². The lowest BCUT2D eigenvalue weighted by Crippen LogP contribution is -2.69. The van der Waals surface area contributed by atoms with Crippen LogP contribution in [0, 0.1) is 0 Å². The fourth-order valence-electron chi connectivity index (χ4n) is 5.92. The third kappa shape index (κ3) is 2.42. The van der Waals surface area contributed by atoms with Gasteiger partial charge in [0, 0.05) is 13.0 Å². The maximum atomic E-state index is 13.9. The molecular weight excluding hydrogens is 434 g/mol. The number of carbonyl (C=O) groups is 3. The van der Waals surface area contributed by atoms with Crippen LogP contribution < -0.4 is 4.31 Å². The van der Waals surface area contributed by atoms with Crippen LogP contribution in [0.2, 0.25) is 0 Å². The van der Waals surface area contributed by atoms with Crippen molar-refractivity contribution in [1.29, 1.82) is 0 Å². The Hall–Kier alpha value is -2.72. The van der Waals surface area contributed by atoms with Crippen molar-refractivity contribution in [3.05, 3.63) is 41.5 Å². The number of aliphatic hydroxyl groups is 1. The maximum absolute atomic E-state index is 13.9. The number of fused-ring (bicyclic) bond motifs is 4. The van der Waals surface area contributed by atoms with Crippen molar-refractivity contribution in [3.8, 4) is 0 Å². The van der Waals surface area contributed by atoms with Crippen LogP contribution >= 0.6 is 0 Å². The number of hydrogen-bond acceptors (Lipinski definition) is 6. The van der Waals surface area contributed by atoms with Gasteiger partial charge in [-0.1, -0.05) is 29.8 Å². The molecule has 0 aliphatic carbocycles. The first-order valence-electron chi connectivity index (χ1n) is 10.6. The van der Waals surface area contributed by atoms with Crippen LogP contribution in [0.1, 0.15) is 38.7 Å². The molecule has 32 heavy (non-hydrogen) atoms. The van der Waals surface area contributed by atoms with Crippen LogP contribution in [0.3, 0.4) is 0 Å². The molecule has 0 bridgehead atoms. The number of para-hydroxylation sites is 1. The van der Waals surface area contributed by atoms with Crippen molar-refractivity contribution in [3.63, 3.8) is 0 Å². The molecule has 4 heterocycles. The molecule has 1 N–H and O–H groups in total. The van der Waals surface area contributed by atoms with Crippen LogP contribution in [0.25, 0.3) is 0 Å². The third-order valence-corrected chi connectivity index (χ3v) is 8.16. The Labute approximate surface area is 186 Å². The van der Waals surface area contributed by atoms with Crippen molar-refractivity contribution < 1.29 is 27.9 Å². The SMILES string of the molecule is CC(C)=C[C@@H]1N2C(=O)[C@]3(O)CCCN3C(=O)[C@@H]2C[C@@]12C(=O)N(S(C)(=O)=O)c1ccccc12. The molecule has 5 rings (SSSR count). The predicted molar refractivity (Wildman–Crippen MR) is 115 cm³/mol. The number of hydrogen-bond donors (Lipinski definition) is 1. The number of sulfonamides is 1. The van der Waals surface area contributed by atoms with Gasteiger partial charge in [-0.15, -0.1) is 0 Å². The van der Waals surface area contributed by atoms with E-state index in [0.717, 1.165) is 16.1 Å². The van der Waals surface area contributed by atoms with E-state index in [4.69, 9.17) is 0 Å². The van der Waals surface area contributed by atoms with Gasteiger partial charge >= 0.3 is 0 Å². The topological polar surface area (TPSA) is 115 Å². The lowest BCUT2D eigenvalue weighted by Gasteiger charge is -2.45. The molecule has 0 radical (unpaired) electrons. The second kappa shape index (κ2) is 6.41. The Morgan fingerprint density at radius 3 is 2.50 bits per heavy atom. The molecule has 4 aliphatic rings. The van der Waals surface area contributed by atoms with Crippen LogP contribution in [0.15, 0.2) is 35.9 Å². The number of nitrogens with zero attached hydrogens (tertiary/aromatic N) is 3. The van der Waals surface area contributed by atoms with Crippen molar-refractivity contribution >= 4 is 33.4 Å². The number of rotatable bonds is 2. The van der Waals surface area contributed by atoms with Crippen molar-refractivity contribution in [1.82, 2.24) is 9.80 Å². The van der Waals surface area contributed by atoms with Crippen molar-refractivity contribution in [2.24, 2.45) is 0 Å². The van der Waals surface area contributed by atoms with Gasteiger partial charge < -0.3 is 14.9 Å². The number of allylic oxidation sites excluding steroid dienone is 1. The maximum Gasteiger partial charge on any atom is 0.277 e. The van der Waals surface area contributed by atoms with Crippen LogP contribution in [-0.2, 0) is 29.8 Å². The smallest absolute Gasteiger partial charge is 0.277 e. The van der Waals surface area contributed by atoms with E-state index in [0.29, 0.717) is 12.0 Å². The van der Waals surface area contributed by atoms with Crippen LogP contribution in [0.4, 0.5) is 5.69 Å². The minimum atomic E-state index is -3.95. The normalized spacial score (nSPS) is 33.6. The Morgan fingerprint density at radius 1 is 1.16 bits per heavy atom. The summed E-state index contributed by atoms with van der Waals surface area (Å²) in [6, 6.07) is 4.75. The van der Waals surface area contributed by atoms with Gasteiger partial charge in [0.15, 0.2) is 0 Å². The third-order valence-electron chi connectivity index (χ3n) is 7.13. The number of piperazine rings is 1. The summed E-state index contributed by atoms with van der Waals surface area (Å²) in [6.07, 6.45) is 3.31. The molecule has 1 aromatic carbocycles. The van der Waals surface area contributed by atoms with Gasteiger partial charge in [0.25, 0.3) is 11.8 Å². The summed E-state index contributed by atoms with van der Waals surface area (Å²) in [5.41, 5.74) is -1.85. The standard InChI is InChI=1S/C22H25N3O6S/c1-13(2)11-17-21(14-7-4-5-8-15(14)25(19(21)27)32(3,30)31)12-16-18(26)23-10-6-9-22(23,29)20(28)24(16)17/h4-5,7-8,11,16-17,29H,6,9-10,12H2,1-3H3/t16-,17-,21-,22+/m0/s1. The van der Waals surface area contributed by atoms with E-state index in [1.54, 1.807) is 30.3 Å². The zero-order valence-corrected chi connectivity index (χ0v) is 18.9. The summed E-state index contributed by atoms with van der Waals surface area (Å²) in [4.78, 5) is 43.5. The molecule has 3 amide bonds. The Balaban J connectivity index is 1.77. The minimum absolute atomic E-state index is 0.0412. The summed E-state index contributed by atoms with van der Waals surface area (Å²) < 4.78 is 26.0. The molecule has 10 heteroatoms. The summed E-state index contributed by atoms with van der Waals surface area (Å²) in [5.74, 6) is -1.69. The zero-order chi connectivity index (χ0) is 23.2. The van der Waals surface area contributed by atoms with E-state index in [2.05, 4.69) is 0 Å². The Kier molecular flexibility index (Phi) is 4.24. The van der Waals surface area contributed by atoms with E-state index < -0.39 is 51.0 Å². The van der Waals surface area contributed by atoms with Gasteiger partial charge in [-0.05, 0) is 38.3 Å². The molecular formula is C22H25N3O6S. The number of amides is 3. The highest BCUT2D eigenvalue weighted by Gasteiger charge is 2.71. The molecule has 3 saturated heterocycles. The van der Waals surface area contributed by atoms with Crippen LogP contribution in [0.5, 0.6) is 0 Å².